The Morgan fingerprint density at radius 1 is 1.27 bits per heavy atom. The third-order valence-electron chi connectivity index (χ3n) is 3.27. The lowest BCUT2D eigenvalue weighted by Gasteiger charge is -2.16. The van der Waals surface area contributed by atoms with Gasteiger partial charge in [-0.1, -0.05) is 6.07 Å². The molecule has 0 amide bonds. The zero-order valence-corrected chi connectivity index (χ0v) is 14.3. The summed E-state index contributed by atoms with van der Waals surface area (Å²) >= 11 is 1.54. The maximum Gasteiger partial charge on any atom is 0.244 e. The summed E-state index contributed by atoms with van der Waals surface area (Å²) in [6.45, 7) is 1.99. The van der Waals surface area contributed by atoms with E-state index in [-0.39, 0.29) is 17.5 Å². The summed E-state index contributed by atoms with van der Waals surface area (Å²) in [5.41, 5.74) is 1.80. The van der Waals surface area contributed by atoms with E-state index >= 15 is 0 Å². The Hall–Kier alpha value is -1.41. The first-order chi connectivity index (χ1) is 10.5. The van der Waals surface area contributed by atoms with E-state index < -0.39 is 10.0 Å². The van der Waals surface area contributed by atoms with Crippen molar-refractivity contribution in [1.82, 2.24) is 4.72 Å². The van der Waals surface area contributed by atoms with Crippen LogP contribution < -0.4 is 9.46 Å². The lowest BCUT2D eigenvalue weighted by molar-refractivity contribution is 0.107. The highest BCUT2D eigenvalue weighted by Gasteiger charge is 2.22. The molecule has 1 aromatic heterocycles. The van der Waals surface area contributed by atoms with Crippen LogP contribution >= 0.6 is 11.3 Å². The summed E-state index contributed by atoms with van der Waals surface area (Å²) in [5, 5.41) is 3.87. The van der Waals surface area contributed by atoms with Gasteiger partial charge in [-0.3, -0.25) is 0 Å². The van der Waals surface area contributed by atoms with Crippen molar-refractivity contribution >= 4 is 21.4 Å². The minimum absolute atomic E-state index is 0.134. The molecule has 0 radical (unpaired) electrons. The topological polar surface area (TPSA) is 64.6 Å². The number of methoxy groups -OCH3 is 2. The summed E-state index contributed by atoms with van der Waals surface area (Å²) in [4.78, 5) is 0.134. The molecule has 0 bridgehead atoms. The van der Waals surface area contributed by atoms with E-state index in [1.54, 1.807) is 36.6 Å². The van der Waals surface area contributed by atoms with Gasteiger partial charge in [-0.2, -0.15) is 11.3 Å². The van der Waals surface area contributed by atoms with Crippen LogP contribution in [0, 0.1) is 6.92 Å². The van der Waals surface area contributed by atoms with Crippen molar-refractivity contribution in [3.8, 4) is 5.75 Å². The van der Waals surface area contributed by atoms with Crippen LogP contribution in [-0.2, 0) is 14.8 Å². The Morgan fingerprint density at radius 3 is 2.64 bits per heavy atom. The normalized spacial score (nSPS) is 13.0. The van der Waals surface area contributed by atoms with E-state index in [4.69, 9.17) is 9.47 Å². The second kappa shape index (κ2) is 7.23. The van der Waals surface area contributed by atoms with Crippen molar-refractivity contribution < 1.29 is 17.9 Å². The third kappa shape index (κ3) is 3.86. The van der Waals surface area contributed by atoms with Gasteiger partial charge in [0.1, 0.15) is 10.6 Å². The van der Waals surface area contributed by atoms with E-state index in [2.05, 4.69) is 4.72 Å². The fourth-order valence-corrected chi connectivity index (χ4v) is 4.04. The molecule has 0 aliphatic heterocycles. The Labute approximate surface area is 134 Å². The number of rotatable bonds is 7. The molecule has 120 valence electrons. The molecule has 0 aliphatic rings. The summed E-state index contributed by atoms with van der Waals surface area (Å²) < 4.78 is 38.1. The fourth-order valence-electron chi connectivity index (χ4n) is 2.05. The molecule has 2 aromatic rings. The molecule has 22 heavy (non-hydrogen) atoms. The number of nitrogens with one attached hydrogen (secondary N) is 1. The second-order valence-corrected chi connectivity index (χ2v) is 7.30. The monoisotopic (exact) mass is 341 g/mol. The van der Waals surface area contributed by atoms with Crippen LogP contribution in [-0.4, -0.2) is 29.2 Å². The van der Waals surface area contributed by atoms with Crippen molar-refractivity contribution in [3.63, 3.8) is 0 Å². The van der Waals surface area contributed by atoms with Gasteiger partial charge in [0.2, 0.25) is 10.0 Å². The smallest absolute Gasteiger partial charge is 0.244 e. The minimum atomic E-state index is -3.67. The quantitative estimate of drug-likeness (QED) is 0.841. The molecule has 0 saturated heterocycles. The van der Waals surface area contributed by atoms with Crippen molar-refractivity contribution in [1.29, 1.82) is 0 Å². The van der Waals surface area contributed by atoms with Gasteiger partial charge in [0, 0.05) is 13.7 Å². The van der Waals surface area contributed by atoms with E-state index in [0.29, 0.717) is 5.75 Å². The molecule has 0 spiro atoms. The number of hydrogen-bond donors (Lipinski definition) is 1. The van der Waals surface area contributed by atoms with Crippen molar-refractivity contribution in [2.75, 3.05) is 20.8 Å². The van der Waals surface area contributed by atoms with Gasteiger partial charge in [-0.05, 0) is 47.0 Å². The van der Waals surface area contributed by atoms with Gasteiger partial charge < -0.3 is 9.47 Å². The van der Waals surface area contributed by atoms with Gasteiger partial charge in [-0.15, -0.1) is 0 Å². The van der Waals surface area contributed by atoms with Crippen molar-refractivity contribution in [3.05, 3.63) is 46.2 Å². The maximum absolute atomic E-state index is 12.5. The lowest BCUT2D eigenvalue weighted by Crippen LogP contribution is -2.29. The highest BCUT2D eigenvalue weighted by Crippen LogP contribution is 2.25. The average molecular weight is 341 g/mol. The Morgan fingerprint density at radius 2 is 2.05 bits per heavy atom. The van der Waals surface area contributed by atoms with E-state index in [0.717, 1.165) is 11.1 Å². The summed E-state index contributed by atoms with van der Waals surface area (Å²) in [7, 11) is -0.663. The van der Waals surface area contributed by atoms with Gasteiger partial charge in [0.05, 0.1) is 13.2 Å². The fraction of sp³-hybridized carbons (Fsp3) is 0.333. The number of sulfonamides is 1. The highest BCUT2D eigenvalue weighted by atomic mass is 32.2. The molecule has 1 atom stereocenters. The number of thiophene rings is 1. The predicted octanol–water partition coefficient (Wildman–Crippen LogP) is 2.73. The van der Waals surface area contributed by atoms with Gasteiger partial charge in [-0.25, -0.2) is 13.1 Å². The zero-order valence-electron chi connectivity index (χ0n) is 12.7. The molecule has 1 N–H and O–H groups in total. The number of benzene rings is 1. The zero-order chi connectivity index (χ0) is 16.2. The van der Waals surface area contributed by atoms with E-state index in [1.165, 1.54) is 7.11 Å². The van der Waals surface area contributed by atoms with Crippen LogP contribution in [0.15, 0.2) is 39.9 Å². The Bertz CT molecular complexity index is 711. The first kappa shape index (κ1) is 17.0. The molecule has 2 rings (SSSR count). The minimum Gasteiger partial charge on any atom is -0.495 e. The second-order valence-electron chi connectivity index (χ2n) is 4.79. The first-order valence-corrected chi connectivity index (χ1v) is 9.09. The number of ether oxygens (including phenoxy) is 2. The predicted molar refractivity (Wildman–Crippen MR) is 87.0 cm³/mol. The van der Waals surface area contributed by atoms with Crippen LogP contribution in [0.3, 0.4) is 0 Å². The van der Waals surface area contributed by atoms with Crippen molar-refractivity contribution in [2.24, 2.45) is 0 Å². The molecule has 0 fully saturated rings. The van der Waals surface area contributed by atoms with E-state index in [1.807, 2.05) is 23.8 Å². The molecule has 0 saturated carbocycles. The first-order valence-electron chi connectivity index (χ1n) is 6.67. The lowest BCUT2D eigenvalue weighted by atomic mass is 10.2. The van der Waals surface area contributed by atoms with E-state index in [9.17, 15) is 8.42 Å². The molecule has 5 nitrogen and oxygen atoms in total. The van der Waals surface area contributed by atoms with Gasteiger partial charge in [0.15, 0.2) is 0 Å². The average Bonchev–Trinajstić information content (AvgIpc) is 3.02. The molecule has 1 aromatic carbocycles. The van der Waals surface area contributed by atoms with Gasteiger partial charge in [0.25, 0.3) is 0 Å². The van der Waals surface area contributed by atoms with Crippen LogP contribution in [0.4, 0.5) is 0 Å². The molecular formula is C15H19NO4S2. The van der Waals surface area contributed by atoms with Crippen molar-refractivity contribution in [2.45, 2.75) is 17.9 Å². The van der Waals surface area contributed by atoms with Crippen LogP contribution in [0.2, 0.25) is 0 Å². The highest BCUT2D eigenvalue weighted by molar-refractivity contribution is 7.89. The molecule has 7 heteroatoms. The maximum atomic E-state index is 12.5. The third-order valence-corrected chi connectivity index (χ3v) is 5.41. The SMILES string of the molecule is COc1ccc(C)cc1S(=O)(=O)NC[C@@H](OC)c1ccsc1. The van der Waals surface area contributed by atoms with Crippen LogP contribution in [0.1, 0.15) is 17.2 Å². The largest absolute Gasteiger partial charge is 0.495 e. The Balaban J connectivity index is 2.19. The molecule has 0 unspecified atom stereocenters. The van der Waals surface area contributed by atoms with Gasteiger partial charge >= 0.3 is 0 Å². The van der Waals surface area contributed by atoms with Crippen LogP contribution in [0.5, 0.6) is 5.75 Å². The van der Waals surface area contributed by atoms with Crippen LogP contribution in [0.25, 0.3) is 0 Å². The summed E-state index contributed by atoms with van der Waals surface area (Å²) in [6, 6.07) is 6.96. The standard InChI is InChI=1S/C15H19NO4S2/c1-11-4-5-13(19-2)15(8-11)22(17,18)16-9-14(20-3)12-6-7-21-10-12/h4-8,10,14,16H,9H2,1-3H3/t14-/m1/s1. The summed E-state index contributed by atoms with van der Waals surface area (Å²) in [6.07, 6.45) is -0.322. The Kier molecular flexibility index (Phi) is 5.57. The molecular weight excluding hydrogens is 322 g/mol. The number of hydrogen-bond acceptors (Lipinski definition) is 5. The summed E-state index contributed by atoms with van der Waals surface area (Å²) in [5.74, 6) is 0.322. The molecule has 0 aliphatic carbocycles. The number of aryl methyl sites for hydroxylation is 1. The molecule has 1 heterocycles.